The second kappa shape index (κ2) is 6.82. The van der Waals surface area contributed by atoms with Crippen LogP contribution in [0.25, 0.3) is 11.3 Å². The van der Waals surface area contributed by atoms with Crippen LogP contribution >= 0.6 is 11.3 Å². The molecular formula is C20H25N3O2S. The Labute approximate surface area is 158 Å². The normalized spacial score (nSPS) is 21.5. The fourth-order valence-electron chi connectivity index (χ4n) is 4.78. The van der Waals surface area contributed by atoms with Crippen molar-refractivity contribution in [2.75, 3.05) is 26.2 Å². The summed E-state index contributed by atoms with van der Waals surface area (Å²) in [6, 6.07) is 2.82. The Morgan fingerprint density at radius 1 is 1.12 bits per heavy atom. The summed E-state index contributed by atoms with van der Waals surface area (Å²) in [5, 5.41) is 6.28. The van der Waals surface area contributed by atoms with Gasteiger partial charge in [-0.05, 0) is 37.1 Å². The molecule has 3 heterocycles. The van der Waals surface area contributed by atoms with E-state index in [2.05, 4.69) is 21.5 Å². The Bertz CT molecular complexity index is 798. The van der Waals surface area contributed by atoms with Crippen LogP contribution in [0.2, 0.25) is 0 Å². The van der Waals surface area contributed by atoms with E-state index in [1.165, 1.54) is 37.0 Å². The summed E-state index contributed by atoms with van der Waals surface area (Å²) in [7, 11) is 0. The lowest BCUT2D eigenvalue weighted by Crippen LogP contribution is -2.52. The number of piperazine rings is 1. The van der Waals surface area contributed by atoms with E-state index in [0.29, 0.717) is 5.69 Å². The molecule has 0 atom stereocenters. The third kappa shape index (κ3) is 2.79. The molecule has 26 heavy (non-hydrogen) atoms. The molecule has 2 fully saturated rings. The first-order chi connectivity index (χ1) is 12.8. The molecule has 3 aliphatic rings. The van der Waals surface area contributed by atoms with E-state index in [1.54, 1.807) is 11.3 Å². The van der Waals surface area contributed by atoms with Crippen LogP contribution in [-0.4, -0.2) is 53.1 Å². The second-order valence-electron chi connectivity index (χ2n) is 7.72. The summed E-state index contributed by atoms with van der Waals surface area (Å²) in [6.45, 7) is 3.59. The topological polar surface area (TPSA) is 49.6 Å². The standard InChI is InChI=1S/C20H25N3O2S/c24-20(23-11-9-22(10-12-23)14-4-2-1-3-5-14)18-16-6-7-17-15(8-13-26-17)19(16)25-21-18/h8,13-14H,1-7,9-12H2. The van der Waals surface area contributed by atoms with Crippen molar-refractivity contribution in [2.24, 2.45) is 0 Å². The molecule has 138 valence electrons. The molecule has 0 bridgehead atoms. The summed E-state index contributed by atoms with van der Waals surface area (Å²) in [6.07, 6.45) is 8.60. The molecule has 2 aliphatic carbocycles. The Morgan fingerprint density at radius 2 is 1.92 bits per heavy atom. The van der Waals surface area contributed by atoms with Gasteiger partial charge in [-0.2, -0.15) is 0 Å². The molecule has 1 saturated heterocycles. The lowest BCUT2D eigenvalue weighted by atomic mass is 9.93. The van der Waals surface area contributed by atoms with Crippen LogP contribution in [0.3, 0.4) is 0 Å². The summed E-state index contributed by atoms with van der Waals surface area (Å²) < 4.78 is 5.60. The van der Waals surface area contributed by atoms with E-state index < -0.39 is 0 Å². The molecular weight excluding hydrogens is 346 g/mol. The van der Waals surface area contributed by atoms with Gasteiger partial charge in [0.25, 0.3) is 5.91 Å². The van der Waals surface area contributed by atoms with Crippen LogP contribution in [0.5, 0.6) is 0 Å². The fraction of sp³-hybridized carbons (Fsp3) is 0.600. The molecule has 5 nitrogen and oxygen atoms in total. The highest BCUT2D eigenvalue weighted by Crippen LogP contribution is 2.38. The molecule has 5 rings (SSSR count). The number of rotatable bonds is 2. The maximum Gasteiger partial charge on any atom is 0.276 e. The summed E-state index contributed by atoms with van der Waals surface area (Å²) in [5.74, 6) is 0.869. The van der Waals surface area contributed by atoms with Crippen molar-refractivity contribution in [2.45, 2.75) is 51.0 Å². The average molecular weight is 372 g/mol. The first-order valence-corrected chi connectivity index (χ1v) is 10.8. The van der Waals surface area contributed by atoms with E-state index in [9.17, 15) is 4.79 Å². The molecule has 0 radical (unpaired) electrons. The minimum absolute atomic E-state index is 0.0528. The predicted octanol–water partition coefficient (Wildman–Crippen LogP) is 3.59. The molecule has 0 aromatic carbocycles. The lowest BCUT2D eigenvalue weighted by molar-refractivity contribution is 0.0514. The number of hydrogen-bond donors (Lipinski definition) is 0. The predicted molar refractivity (Wildman–Crippen MR) is 102 cm³/mol. The highest BCUT2D eigenvalue weighted by Gasteiger charge is 2.33. The first-order valence-electron chi connectivity index (χ1n) is 9.90. The van der Waals surface area contributed by atoms with Crippen molar-refractivity contribution in [1.82, 2.24) is 15.0 Å². The second-order valence-corrected chi connectivity index (χ2v) is 8.72. The number of hydrogen-bond acceptors (Lipinski definition) is 5. The third-order valence-corrected chi connectivity index (χ3v) is 7.26. The molecule has 2 aromatic rings. The van der Waals surface area contributed by atoms with Gasteiger partial charge in [-0.25, -0.2) is 0 Å². The Hall–Kier alpha value is -1.66. The first kappa shape index (κ1) is 16.5. The van der Waals surface area contributed by atoms with Crippen molar-refractivity contribution in [3.05, 3.63) is 27.6 Å². The van der Waals surface area contributed by atoms with Crippen LogP contribution < -0.4 is 0 Å². The van der Waals surface area contributed by atoms with E-state index in [4.69, 9.17) is 4.52 Å². The van der Waals surface area contributed by atoms with Crippen molar-refractivity contribution in [3.8, 4) is 11.3 Å². The van der Waals surface area contributed by atoms with Crippen molar-refractivity contribution in [3.63, 3.8) is 0 Å². The quantitative estimate of drug-likeness (QED) is 0.809. The molecule has 1 saturated carbocycles. The van der Waals surface area contributed by atoms with Gasteiger partial charge in [-0.1, -0.05) is 24.4 Å². The van der Waals surface area contributed by atoms with E-state index >= 15 is 0 Å². The van der Waals surface area contributed by atoms with Crippen LogP contribution in [0.15, 0.2) is 16.0 Å². The monoisotopic (exact) mass is 371 g/mol. The number of carbonyl (C=O) groups is 1. The van der Waals surface area contributed by atoms with Gasteiger partial charge in [0.15, 0.2) is 11.5 Å². The number of carbonyl (C=O) groups excluding carboxylic acids is 1. The Balaban J connectivity index is 1.29. The SMILES string of the molecule is O=C(c1noc2c1CCc1sccc1-2)N1CCN(C2CCCCC2)CC1. The molecule has 0 unspecified atom stereocenters. The molecule has 0 spiro atoms. The molecule has 1 aliphatic heterocycles. The minimum atomic E-state index is 0.0528. The maximum absolute atomic E-state index is 13.1. The largest absolute Gasteiger partial charge is 0.355 e. The lowest BCUT2D eigenvalue weighted by Gasteiger charge is -2.40. The molecule has 6 heteroatoms. The number of amides is 1. The zero-order valence-electron chi connectivity index (χ0n) is 15.1. The van der Waals surface area contributed by atoms with E-state index in [0.717, 1.165) is 61.9 Å². The smallest absolute Gasteiger partial charge is 0.276 e. The van der Waals surface area contributed by atoms with Crippen LogP contribution in [-0.2, 0) is 12.8 Å². The van der Waals surface area contributed by atoms with Gasteiger partial charge in [0.1, 0.15) is 0 Å². The zero-order valence-corrected chi connectivity index (χ0v) is 15.9. The average Bonchev–Trinajstić information content (AvgIpc) is 3.34. The van der Waals surface area contributed by atoms with Gasteiger partial charge in [0, 0.05) is 48.2 Å². The zero-order chi connectivity index (χ0) is 17.5. The van der Waals surface area contributed by atoms with Crippen LogP contribution in [0.1, 0.15) is 53.0 Å². The molecule has 0 N–H and O–H groups in total. The van der Waals surface area contributed by atoms with Gasteiger partial charge >= 0.3 is 0 Å². The summed E-state index contributed by atoms with van der Waals surface area (Å²) in [5.41, 5.74) is 2.68. The highest BCUT2D eigenvalue weighted by molar-refractivity contribution is 7.10. The van der Waals surface area contributed by atoms with Crippen molar-refractivity contribution < 1.29 is 9.32 Å². The minimum Gasteiger partial charge on any atom is -0.355 e. The van der Waals surface area contributed by atoms with Crippen LogP contribution in [0, 0.1) is 0 Å². The number of nitrogens with zero attached hydrogens (tertiary/aromatic N) is 3. The van der Waals surface area contributed by atoms with E-state index in [-0.39, 0.29) is 5.91 Å². The number of fused-ring (bicyclic) bond motifs is 3. The summed E-state index contributed by atoms with van der Waals surface area (Å²) in [4.78, 5) is 19.0. The number of thiophene rings is 1. The van der Waals surface area contributed by atoms with Crippen molar-refractivity contribution in [1.29, 1.82) is 0 Å². The van der Waals surface area contributed by atoms with Gasteiger partial charge in [-0.15, -0.1) is 11.3 Å². The molecule has 2 aromatic heterocycles. The van der Waals surface area contributed by atoms with Gasteiger partial charge in [0.05, 0.1) is 0 Å². The van der Waals surface area contributed by atoms with Crippen molar-refractivity contribution >= 4 is 17.2 Å². The van der Waals surface area contributed by atoms with Gasteiger partial charge in [0.2, 0.25) is 0 Å². The maximum atomic E-state index is 13.1. The third-order valence-electron chi connectivity index (χ3n) is 6.28. The van der Waals surface area contributed by atoms with Gasteiger partial charge < -0.3 is 9.42 Å². The van der Waals surface area contributed by atoms with E-state index in [1.807, 2.05) is 4.90 Å². The Kier molecular flexibility index (Phi) is 4.33. The van der Waals surface area contributed by atoms with Crippen LogP contribution in [0.4, 0.5) is 0 Å². The number of aromatic nitrogens is 1. The number of aryl methyl sites for hydroxylation is 1. The summed E-state index contributed by atoms with van der Waals surface area (Å²) >= 11 is 1.76. The Morgan fingerprint density at radius 3 is 2.73 bits per heavy atom. The molecule has 1 amide bonds. The fourth-order valence-corrected chi connectivity index (χ4v) is 5.66. The van der Waals surface area contributed by atoms with Gasteiger partial charge in [-0.3, -0.25) is 9.69 Å². The highest BCUT2D eigenvalue weighted by atomic mass is 32.1.